The quantitative estimate of drug-likeness (QED) is 0.779. The molecule has 1 N–H and O–H groups in total. The number of hydrogen-bond acceptors (Lipinski definition) is 3. The normalized spacial score (nSPS) is 16.1. The maximum Gasteiger partial charge on any atom is 0.419 e. The molecule has 5 nitrogen and oxygen atoms in total. The van der Waals surface area contributed by atoms with Crippen molar-refractivity contribution in [3.63, 3.8) is 0 Å². The fraction of sp³-hybridized carbons (Fsp3) is 0.333. The molecule has 1 fully saturated rings. The van der Waals surface area contributed by atoms with E-state index < -0.39 is 11.2 Å². The van der Waals surface area contributed by atoms with Gasteiger partial charge in [0.15, 0.2) is 5.58 Å². The third-order valence-corrected chi connectivity index (χ3v) is 5.51. The first-order valence-corrected chi connectivity index (χ1v) is 8.98. The molecule has 4 rings (SSSR count). The van der Waals surface area contributed by atoms with Gasteiger partial charge in [-0.05, 0) is 37.5 Å². The molecule has 1 aromatic heterocycles. The van der Waals surface area contributed by atoms with Crippen molar-refractivity contribution in [2.75, 3.05) is 5.32 Å². The lowest BCUT2D eigenvalue weighted by Gasteiger charge is -2.28. The Labute approximate surface area is 151 Å². The fourth-order valence-corrected chi connectivity index (χ4v) is 4.03. The Morgan fingerprint density at radius 3 is 2.65 bits per heavy atom. The van der Waals surface area contributed by atoms with Crippen molar-refractivity contribution >= 4 is 22.7 Å². The smallest absolute Gasteiger partial charge is 0.408 e. The van der Waals surface area contributed by atoms with E-state index in [2.05, 4.69) is 30.4 Å². The minimum absolute atomic E-state index is 0.0122. The topological polar surface area (TPSA) is 64.2 Å². The molecule has 2 aromatic carbocycles. The van der Waals surface area contributed by atoms with E-state index >= 15 is 0 Å². The Bertz CT molecular complexity index is 1040. The van der Waals surface area contributed by atoms with Crippen LogP contribution in [0.2, 0.25) is 0 Å². The number of aryl methyl sites for hydroxylation is 2. The summed E-state index contributed by atoms with van der Waals surface area (Å²) in [5, 5.41) is 3.05. The van der Waals surface area contributed by atoms with Crippen LogP contribution in [0.4, 0.5) is 5.69 Å². The molecule has 0 aliphatic heterocycles. The lowest BCUT2D eigenvalue weighted by Crippen LogP contribution is -2.38. The van der Waals surface area contributed by atoms with Gasteiger partial charge >= 0.3 is 5.76 Å². The number of oxazole rings is 1. The summed E-state index contributed by atoms with van der Waals surface area (Å²) < 4.78 is 6.68. The number of rotatable bonds is 3. The molecule has 0 spiro atoms. The molecule has 1 aliphatic carbocycles. The zero-order valence-electron chi connectivity index (χ0n) is 15.0. The number of carbonyl (C=O) groups excluding carboxylic acids is 1. The SMILES string of the molecule is Cc1cccc(C2(C(=O)Nc3ccc4c(c3)oc(=O)n4C)CCCC2)c1. The number of amides is 1. The highest BCUT2D eigenvalue weighted by molar-refractivity contribution is 6.00. The number of aromatic nitrogens is 1. The molecule has 26 heavy (non-hydrogen) atoms. The van der Waals surface area contributed by atoms with Gasteiger partial charge in [0.05, 0.1) is 10.9 Å². The van der Waals surface area contributed by atoms with E-state index in [4.69, 9.17) is 4.42 Å². The largest absolute Gasteiger partial charge is 0.419 e. The number of fused-ring (bicyclic) bond motifs is 1. The second-order valence-electron chi connectivity index (χ2n) is 7.22. The molecule has 0 atom stereocenters. The monoisotopic (exact) mass is 350 g/mol. The first kappa shape index (κ1) is 16.6. The third-order valence-electron chi connectivity index (χ3n) is 5.51. The van der Waals surface area contributed by atoms with Crippen LogP contribution >= 0.6 is 0 Å². The second-order valence-corrected chi connectivity index (χ2v) is 7.22. The molecule has 0 unspecified atom stereocenters. The maximum absolute atomic E-state index is 13.2. The maximum atomic E-state index is 13.2. The van der Waals surface area contributed by atoms with Crippen LogP contribution in [0.25, 0.3) is 11.1 Å². The van der Waals surface area contributed by atoms with E-state index in [1.807, 2.05) is 12.1 Å². The first-order valence-electron chi connectivity index (χ1n) is 8.98. The number of nitrogens with one attached hydrogen (secondary N) is 1. The Balaban J connectivity index is 1.68. The second kappa shape index (κ2) is 6.16. The van der Waals surface area contributed by atoms with Gasteiger partial charge in [-0.15, -0.1) is 0 Å². The zero-order valence-corrected chi connectivity index (χ0v) is 15.0. The van der Waals surface area contributed by atoms with Gasteiger partial charge < -0.3 is 9.73 Å². The molecule has 134 valence electrons. The minimum Gasteiger partial charge on any atom is -0.408 e. The van der Waals surface area contributed by atoms with Crippen LogP contribution in [0.5, 0.6) is 0 Å². The summed E-state index contributed by atoms with van der Waals surface area (Å²) in [6.45, 7) is 2.05. The molecule has 0 bridgehead atoms. The molecule has 1 heterocycles. The average molecular weight is 350 g/mol. The predicted molar refractivity (Wildman–Crippen MR) is 101 cm³/mol. The van der Waals surface area contributed by atoms with E-state index in [0.29, 0.717) is 16.8 Å². The summed E-state index contributed by atoms with van der Waals surface area (Å²) in [5.74, 6) is -0.395. The van der Waals surface area contributed by atoms with Crippen molar-refractivity contribution in [1.29, 1.82) is 0 Å². The molecule has 1 amide bonds. The van der Waals surface area contributed by atoms with Crippen LogP contribution in [0, 0.1) is 6.92 Å². The number of hydrogen-bond donors (Lipinski definition) is 1. The highest BCUT2D eigenvalue weighted by atomic mass is 16.4. The van der Waals surface area contributed by atoms with Gasteiger partial charge in [0, 0.05) is 18.8 Å². The van der Waals surface area contributed by atoms with Gasteiger partial charge in [0.2, 0.25) is 5.91 Å². The number of carbonyl (C=O) groups is 1. The van der Waals surface area contributed by atoms with Crippen molar-refractivity contribution in [3.8, 4) is 0 Å². The summed E-state index contributed by atoms with van der Waals surface area (Å²) in [6.07, 6.45) is 3.80. The van der Waals surface area contributed by atoms with E-state index in [0.717, 1.165) is 36.8 Å². The van der Waals surface area contributed by atoms with Crippen LogP contribution in [0.15, 0.2) is 51.7 Å². The lowest BCUT2D eigenvalue weighted by atomic mass is 9.77. The van der Waals surface area contributed by atoms with Crippen LogP contribution in [0.1, 0.15) is 36.8 Å². The summed E-state index contributed by atoms with van der Waals surface area (Å²) in [7, 11) is 1.66. The molecular weight excluding hydrogens is 328 g/mol. The van der Waals surface area contributed by atoms with E-state index in [-0.39, 0.29) is 5.91 Å². The van der Waals surface area contributed by atoms with Crippen LogP contribution in [-0.4, -0.2) is 10.5 Å². The average Bonchev–Trinajstić information content (AvgIpc) is 3.22. The summed E-state index contributed by atoms with van der Waals surface area (Å²) in [5.41, 5.74) is 3.59. The molecule has 0 saturated heterocycles. The summed E-state index contributed by atoms with van der Waals surface area (Å²) in [6, 6.07) is 13.6. The first-order chi connectivity index (χ1) is 12.5. The van der Waals surface area contributed by atoms with Gasteiger partial charge in [-0.1, -0.05) is 42.7 Å². The van der Waals surface area contributed by atoms with Crippen LogP contribution in [0.3, 0.4) is 0 Å². The van der Waals surface area contributed by atoms with Gasteiger partial charge in [0.25, 0.3) is 0 Å². The Morgan fingerprint density at radius 1 is 1.15 bits per heavy atom. The third kappa shape index (κ3) is 2.64. The highest BCUT2D eigenvalue weighted by Gasteiger charge is 2.42. The molecule has 1 aliphatic rings. The molecule has 5 heteroatoms. The summed E-state index contributed by atoms with van der Waals surface area (Å²) >= 11 is 0. The van der Waals surface area contributed by atoms with Gasteiger partial charge in [0.1, 0.15) is 0 Å². The van der Waals surface area contributed by atoms with Crippen LogP contribution < -0.4 is 11.1 Å². The van der Waals surface area contributed by atoms with E-state index in [1.54, 1.807) is 19.2 Å². The molecule has 0 radical (unpaired) electrons. The molecule has 3 aromatic rings. The summed E-state index contributed by atoms with van der Waals surface area (Å²) in [4.78, 5) is 24.9. The molecular formula is C21H22N2O3. The fourth-order valence-electron chi connectivity index (χ4n) is 4.03. The van der Waals surface area contributed by atoms with E-state index in [1.165, 1.54) is 4.57 Å². The highest BCUT2D eigenvalue weighted by Crippen LogP contribution is 2.42. The Morgan fingerprint density at radius 2 is 1.92 bits per heavy atom. The minimum atomic E-state index is -0.488. The molecule has 1 saturated carbocycles. The van der Waals surface area contributed by atoms with Crippen molar-refractivity contribution in [1.82, 2.24) is 4.57 Å². The number of anilines is 1. The van der Waals surface area contributed by atoms with Crippen molar-refractivity contribution in [3.05, 3.63) is 64.1 Å². The number of nitrogens with zero attached hydrogens (tertiary/aromatic N) is 1. The van der Waals surface area contributed by atoms with E-state index in [9.17, 15) is 9.59 Å². The zero-order chi connectivity index (χ0) is 18.3. The Kier molecular flexibility index (Phi) is 3.94. The van der Waals surface area contributed by atoms with Crippen molar-refractivity contribution in [2.45, 2.75) is 38.0 Å². The Hall–Kier alpha value is -2.82. The van der Waals surface area contributed by atoms with Crippen molar-refractivity contribution in [2.24, 2.45) is 7.05 Å². The number of benzene rings is 2. The van der Waals surface area contributed by atoms with Gasteiger partial charge in [-0.2, -0.15) is 0 Å². The lowest BCUT2D eigenvalue weighted by molar-refractivity contribution is -0.121. The van der Waals surface area contributed by atoms with Crippen LogP contribution in [-0.2, 0) is 17.3 Å². The van der Waals surface area contributed by atoms with Gasteiger partial charge in [-0.3, -0.25) is 9.36 Å². The predicted octanol–water partition coefficient (Wildman–Crippen LogP) is 3.89. The standard InChI is InChI=1S/C21H22N2O3/c1-14-6-5-7-15(12-14)21(10-3-4-11-21)19(24)22-16-8-9-17-18(13-16)26-20(25)23(17)2/h5-9,12-13H,3-4,10-11H2,1-2H3,(H,22,24). The van der Waals surface area contributed by atoms with Gasteiger partial charge in [-0.25, -0.2) is 4.79 Å². The van der Waals surface area contributed by atoms with Crippen molar-refractivity contribution < 1.29 is 9.21 Å².